The molecule has 3 rings (SSSR count). The number of nitrogens with one attached hydrogen (secondary N) is 1. The van der Waals surface area contributed by atoms with Gasteiger partial charge in [0.2, 0.25) is 5.91 Å². The highest BCUT2D eigenvalue weighted by Gasteiger charge is 2.09. The Labute approximate surface area is 165 Å². The monoisotopic (exact) mass is 406 g/mol. The van der Waals surface area contributed by atoms with E-state index in [2.05, 4.69) is 10.3 Å². The molecule has 0 aliphatic rings. The SMILES string of the molecule is Cc1cc(OCCCC(=O)Nc2nc(-c3cccs3)cs2)cc(C)c1Cl. The predicted octanol–water partition coefficient (Wildman–Crippen LogP) is 5.94. The number of halogens is 1. The molecular weight excluding hydrogens is 388 g/mol. The molecule has 1 aromatic carbocycles. The molecule has 0 aliphatic heterocycles. The van der Waals surface area contributed by atoms with Crippen LogP contribution in [0.5, 0.6) is 5.75 Å². The van der Waals surface area contributed by atoms with Crippen LogP contribution < -0.4 is 10.1 Å². The zero-order valence-corrected chi connectivity index (χ0v) is 16.9. The van der Waals surface area contributed by atoms with E-state index in [0.717, 1.165) is 32.5 Å². The third kappa shape index (κ3) is 4.84. The fraction of sp³-hybridized carbons (Fsp3) is 0.263. The predicted molar refractivity (Wildman–Crippen MR) is 110 cm³/mol. The molecule has 0 bridgehead atoms. The molecule has 0 radical (unpaired) electrons. The summed E-state index contributed by atoms with van der Waals surface area (Å²) in [4.78, 5) is 17.6. The standard InChI is InChI=1S/C19H19ClN2O2S2/c1-12-9-14(10-13(2)18(12)20)24-7-3-6-17(23)22-19-21-15(11-26-19)16-5-4-8-25-16/h4-5,8-11H,3,6-7H2,1-2H3,(H,21,22,23). The third-order valence-electron chi connectivity index (χ3n) is 3.75. The Balaban J connectivity index is 1.43. The number of benzene rings is 1. The molecule has 136 valence electrons. The number of thiazole rings is 1. The van der Waals surface area contributed by atoms with Gasteiger partial charge in [-0.15, -0.1) is 22.7 Å². The molecular formula is C19H19ClN2O2S2. The average Bonchev–Trinajstić information content (AvgIpc) is 3.28. The lowest BCUT2D eigenvalue weighted by atomic mass is 10.1. The van der Waals surface area contributed by atoms with E-state index in [-0.39, 0.29) is 5.91 Å². The number of carbonyl (C=O) groups is 1. The minimum absolute atomic E-state index is 0.0517. The molecule has 0 aliphatic carbocycles. The fourth-order valence-electron chi connectivity index (χ4n) is 2.46. The van der Waals surface area contributed by atoms with Crippen molar-refractivity contribution in [2.75, 3.05) is 11.9 Å². The fourth-order valence-corrected chi connectivity index (χ4v) is 4.06. The average molecular weight is 407 g/mol. The van der Waals surface area contributed by atoms with Crippen LogP contribution in [-0.4, -0.2) is 17.5 Å². The van der Waals surface area contributed by atoms with Gasteiger partial charge in [0, 0.05) is 16.8 Å². The maximum absolute atomic E-state index is 12.1. The Hall–Kier alpha value is -1.89. The van der Waals surface area contributed by atoms with Gasteiger partial charge in [-0.25, -0.2) is 4.98 Å². The number of aromatic nitrogens is 1. The van der Waals surface area contributed by atoms with Crippen molar-refractivity contribution in [3.8, 4) is 16.3 Å². The van der Waals surface area contributed by atoms with Crippen molar-refractivity contribution in [3.05, 3.63) is 51.2 Å². The first-order valence-electron chi connectivity index (χ1n) is 8.22. The lowest BCUT2D eigenvalue weighted by Crippen LogP contribution is -2.12. The summed E-state index contributed by atoms with van der Waals surface area (Å²) in [5.41, 5.74) is 2.88. The quantitative estimate of drug-likeness (QED) is 0.494. The number of rotatable bonds is 7. The number of thiophene rings is 1. The number of aryl methyl sites for hydroxylation is 2. The molecule has 2 heterocycles. The normalized spacial score (nSPS) is 10.7. The minimum atomic E-state index is -0.0517. The lowest BCUT2D eigenvalue weighted by Gasteiger charge is -2.09. The Morgan fingerprint density at radius 3 is 2.73 bits per heavy atom. The Kier molecular flexibility index (Phi) is 6.29. The largest absolute Gasteiger partial charge is 0.494 e. The minimum Gasteiger partial charge on any atom is -0.494 e. The van der Waals surface area contributed by atoms with Gasteiger partial charge in [0.15, 0.2) is 5.13 Å². The third-order valence-corrected chi connectivity index (χ3v) is 6.00. The van der Waals surface area contributed by atoms with Crippen LogP contribution in [0.3, 0.4) is 0 Å². The molecule has 0 saturated carbocycles. The summed E-state index contributed by atoms with van der Waals surface area (Å²) in [6.07, 6.45) is 1.02. The number of carbonyl (C=O) groups excluding carboxylic acids is 1. The van der Waals surface area contributed by atoms with Gasteiger partial charge in [0.1, 0.15) is 5.75 Å². The van der Waals surface area contributed by atoms with Crippen molar-refractivity contribution in [1.82, 2.24) is 4.98 Å². The molecule has 26 heavy (non-hydrogen) atoms. The summed E-state index contributed by atoms with van der Waals surface area (Å²) in [6.45, 7) is 4.38. The van der Waals surface area contributed by atoms with Gasteiger partial charge < -0.3 is 10.1 Å². The molecule has 2 aromatic heterocycles. The first-order chi connectivity index (χ1) is 12.5. The van der Waals surface area contributed by atoms with Crippen LogP contribution in [0.25, 0.3) is 10.6 Å². The van der Waals surface area contributed by atoms with Crippen molar-refractivity contribution in [2.24, 2.45) is 0 Å². The lowest BCUT2D eigenvalue weighted by molar-refractivity contribution is -0.116. The highest BCUT2D eigenvalue weighted by atomic mass is 35.5. The summed E-state index contributed by atoms with van der Waals surface area (Å²) in [5.74, 6) is 0.731. The molecule has 4 nitrogen and oxygen atoms in total. The van der Waals surface area contributed by atoms with Crippen molar-refractivity contribution in [2.45, 2.75) is 26.7 Å². The van der Waals surface area contributed by atoms with Gasteiger partial charge in [-0.05, 0) is 55.0 Å². The van der Waals surface area contributed by atoms with E-state index in [1.807, 2.05) is 48.9 Å². The number of hydrogen-bond acceptors (Lipinski definition) is 5. The Morgan fingerprint density at radius 2 is 2.04 bits per heavy atom. The van der Waals surface area contributed by atoms with E-state index in [1.54, 1.807) is 11.3 Å². The summed E-state index contributed by atoms with van der Waals surface area (Å²) < 4.78 is 5.73. The zero-order chi connectivity index (χ0) is 18.5. The highest BCUT2D eigenvalue weighted by molar-refractivity contribution is 7.16. The van der Waals surface area contributed by atoms with E-state index >= 15 is 0 Å². The summed E-state index contributed by atoms with van der Waals surface area (Å²) >= 11 is 9.22. The number of hydrogen-bond donors (Lipinski definition) is 1. The first-order valence-corrected chi connectivity index (χ1v) is 10.4. The van der Waals surface area contributed by atoms with Gasteiger partial charge >= 0.3 is 0 Å². The number of nitrogens with zero attached hydrogens (tertiary/aromatic N) is 1. The molecule has 0 fully saturated rings. The van der Waals surface area contributed by atoms with Gasteiger partial charge in [0.25, 0.3) is 0 Å². The van der Waals surface area contributed by atoms with E-state index in [0.29, 0.717) is 24.6 Å². The second-order valence-corrected chi connectivity index (χ2v) is 8.07. The maximum Gasteiger partial charge on any atom is 0.226 e. The first kappa shape index (κ1) is 18.9. The van der Waals surface area contributed by atoms with Crippen LogP contribution in [0.2, 0.25) is 5.02 Å². The zero-order valence-electron chi connectivity index (χ0n) is 14.5. The molecule has 7 heteroatoms. The smallest absolute Gasteiger partial charge is 0.226 e. The van der Waals surface area contributed by atoms with Gasteiger partial charge in [-0.1, -0.05) is 17.7 Å². The second kappa shape index (κ2) is 8.66. The van der Waals surface area contributed by atoms with E-state index < -0.39 is 0 Å². The summed E-state index contributed by atoms with van der Waals surface area (Å²) in [7, 11) is 0. The molecule has 1 amide bonds. The maximum atomic E-state index is 12.1. The molecule has 0 unspecified atom stereocenters. The van der Waals surface area contributed by atoms with Crippen LogP contribution in [0, 0.1) is 13.8 Å². The van der Waals surface area contributed by atoms with E-state index in [9.17, 15) is 4.79 Å². The Morgan fingerprint density at radius 1 is 1.27 bits per heavy atom. The number of amides is 1. The number of ether oxygens (including phenoxy) is 1. The van der Waals surface area contributed by atoms with E-state index in [1.165, 1.54) is 11.3 Å². The van der Waals surface area contributed by atoms with Crippen molar-refractivity contribution >= 4 is 45.3 Å². The summed E-state index contributed by atoms with van der Waals surface area (Å²) in [5, 5.41) is 8.21. The van der Waals surface area contributed by atoms with E-state index in [4.69, 9.17) is 16.3 Å². The van der Waals surface area contributed by atoms with Crippen molar-refractivity contribution in [3.63, 3.8) is 0 Å². The van der Waals surface area contributed by atoms with Gasteiger partial charge in [-0.3, -0.25) is 4.79 Å². The highest BCUT2D eigenvalue weighted by Crippen LogP contribution is 2.28. The topological polar surface area (TPSA) is 51.2 Å². The van der Waals surface area contributed by atoms with Crippen LogP contribution in [0.4, 0.5) is 5.13 Å². The van der Waals surface area contributed by atoms with Crippen LogP contribution in [0.15, 0.2) is 35.0 Å². The van der Waals surface area contributed by atoms with Crippen LogP contribution >= 0.6 is 34.3 Å². The molecule has 0 atom stereocenters. The molecule has 1 N–H and O–H groups in total. The van der Waals surface area contributed by atoms with Gasteiger partial charge in [-0.2, -0.15) is 0 Å². The van der Waals surface area contributed by atoms with Crippen LogP contribution in [0.1, 0.15) is 24.0 Å². The second-order valence-electron chi connectivity index (χ2n) is 5.89. The molecule has 0 spiro atoms. The Bertz CT molecular complexity index is 868. The van der Waals surface area contributed by atoms with Crippen molar-refractivity contribution < 1.29 is 9.53 Å². The summed E-state index contributed by atoms with van der Waals surface area (Å²) in [6, 6.07) is 7.83. The molecule has 0 saturated heterocycles. The van der Waals surface area contributed by atoms with Gasteiger partial charge in [0.05, 0.1) is 17.2 Å². The number of anilines is 1. The van der Waals surface area contributed by atoms with Crippen molar-refractivity contribution in [1.29, 1.82) is 0 Å². The molecule has 3 aromatic rings. The van der Waals surface area contributed by atoms with Crippen LogP contribution in [-0.2, 0) is 4.79 Å².